The molecule has 0 saturated heterocycles. The van der Waals surface area contributed by atoms with Crippen molar-refractivity contribution in [3.05, 3.63) is 59.8 Å². The number of carbonyl (C=O) groups is 2. The fourth-order valence-electron chi connectivity index (χ4n) is 2.98. The maximum atomic E-state index is 12.1. The lowest BCUT2D eigenvalue weighted by atomic mass is 10.1. The highest BCUT2D eigenvalue weighted by Gasteiger charge is 2.19. The Bertz CT molecular complexity index is 907. The Morgan fingerprint density at radius 3 is 2.30 bits per heavy atom. The van der Waals surface area contributed by atoms with Crippen LogP contribution in [0.25, 0.3) is 16.6 Å². The predicted octanol–water partition coefficient (Wildman–Crippen LogP) is 4.07. The van der Waals surface area contributed by atoms with E-state index in [0.29, 0.717) is 11.3 Å². The van der Waals surface area contributed by atoms with Crippen LogP contribution in [0.5, 0.6) is 5.75 Å². The normalized spacial score (nSPS) is 10.7. The number of aromatic nitrogens is 1. The molecule has 0 fully saturated rings. The summed E-state index contributed by atoms with van der Waals surface area (Å²) < 4.78 is 7.20. The van der Waals surface area contributed by atoms with E-state index in [1.807, 2.05) is 47.9 Å². The average molecular weight is 307 g/mol. The third kappa shape index (κ3) is 2.63. The topological polar surface area (TPSA) is 48.3 Å². The van der Waals surface area contributed by atoms with Crippen LogP contribution >= 0.6 is 0 Å². The van der Waals surface area contributed by atoms with Gasteiger partial charge in [0.2, 0.25) is 0 Å². The van der Waals surface area contributed by atoms with Crippen LogP contribution < -0.4 is 4.74 Å². The Morgan fingerprint density at radius 1 is 1.00 bits per heavy atom. The zero-order valence-corrected chi connectivity index (χ0v) is 13.3. The van der Waals surface area contributed by atoms with Crippen LogP contribution in [0.4, 0.5) is 0 Å². The maximum Gasteiger partial charge on any atom is 0.308 e. The molecule has 0 spiro atoms. The monoisotopic (exact) mass is 307 g/mol. The average Bonchev–Trinajstić information content (AvgIpc) is 2.78. The van der Waals surface area contributed by atoms with Gasteiger partial charge in [-0.15, -0.1) is 0 Å². The lowest BCUT2D eigenvalue weighted by Gasteiger charge is -2.08. The van der Waals surface area contributed by atoms with Gasteiger partial charge in [0, 0.05) is 29.3 Å². The summed E-state index contributed by atoms with van der Waals surface area (Å²) in [7, 11) is 0. The van der Waals surface area contributed by atoms with Crippen LogP contribution in [0.15, 0.2) is 48.5 Å². The Balaban J connectivity index is 2.32. The lowest BCUT2D eigenvalue weighted by molar-refractivity contribution is -0.131. The zero-order chi connectivity index (χ0) is 16.6. The summed E-state index contributed by atoms with van der Waals surface area (Å²) >= 11 is 0. The Kier molecular flexibility index (Phi) is 3.74. The van der Waals surface area contributed by atoms with Gasteiger partial charge in [0.15, 0.2) is 5.78 Å². The molecule has 23 heavy (non-hydrogen) atoms. The predicted molar refractivity (Wildman–Crippen MR) is 89.3 cm³/mol. The number of hydrogen-bond acceptors (Lipinski definition) is 3. The fraction of sp³-hybridized carbons (Fsp3) is 0.158. The van der Waals surface area contributed by atoms with Crippen molar-refractivity contribution < 1.29 is 14.3 Å². The van der Waals surface area contributed by atoms with Crippen molar-refractivity contribution in [3.63, 3.8) is 0 Å². The number of hydrogen-bond donors (Lipinski definition) is 0. The molecule has 0 aliphatic heterocycles. The van der Waals surface area contributed by atoms with Crippen molar-refractivity contribution in [1.82, 2.24) is 4.57 Å². The summed E-state index contributed by atoms with van der Waals surface area (Å²) in [4.78, 5) is 23.3. The molecule has 4 heteroatoms. The molecule has 116 valence electrons. The molecule has 3 aromatic rings. The van der Waals surface area contributed by atoms with Gasteiger partial charge in [-0.1, -0.05) is 18.2 Å². The molecule has 0 aliphatic carbocycles. The zero-order valence-electron chi connectivity index (χ0n) is 13.3. The van der Waals surface area contributed by atoms with Crippen LogP contribution in [-0.2, 0) is 4.79 Å². The first kappa shape index (κ1) is 15.0. The van der Waals surface area contributed by atoms with Gasteiger partial charge in [0.05, 0.1) is 5.52 Å². The minimum atomic E-state index is -0.382. The fourth-order valence-corrected chi connectivity index (χ4v) is 2.98. The van der Waals surface area contributed by atoms with Crippen molar-refractivity contribution in [2.75, 3.05) is 0 Å². The van der Waals surface area contributed by atoms with E-state index < -0.39 is 0 Å². The van der Waals surface area contributed by atoms with Crippen molar-refractivity contribution >= 4 is 22.7 Å². The van der Waals surface area contributed by atoms with Crippen LogP contribution in [0.2, 0.25) is 0 Å². The van der Waals surface area contributed by atoms with Gasteiger partial charge in [0.25, 0.3) is 0 Å². The van der Waals surface area contributed by atoms with Crippen molar-refractivity contribution in [1.29, 1.82) is 0 Å². The van der Waals surface area contributed by atoms with E-state index in [-0.39, 0.29) is 11.8 Å². The highest BCUT2D eigenvalue weighted by Crippen LogP contribution is 2.32. The van der Waals surface area contributed by atoms with Gasteiger partial charge in [-0.05, 0) is 44.2 Å². The first-order valence-corrected chi connectivity index (χ1v) is 7.39. The smallest absolute Gasteiger partial charge is 0.308 e. The summed E-state index contributed by atoms with van der Waals surface area (Å²) in [5.74, 6) is 0.0489. The second kappa shape index (κ2) is 5.72. The Morgan fingerprint density at radius 2 is 1.70 bits per heavy atom. The van der Waals surface area contributed by atoms with Gasteiger partial charge >= 0.3 is 5.97 Å². The number of ether oxygens (including phenoxy) is 1. The summed E-state index contributed by atoms with van der Waals surface area (Å²) in [5.41, 5.74) is 3.43. The molecule has 0 atom stereocenters. The van der Waals surface area contributed by atoms with E-state index >= 15 is 0 Å². The molecule has 3 rings (SSSR count). The molecule has 0 radical (unpaired) electrons. The molecular formula is C19H17NO3. The van der Waals surface area contributed by atoms with Crippen molar-refractivity contribution in [2.24, 2.45) is 0 Å². The first-order chi connectivity index (χ1) is 11.0. The number of carbonyl (C=O) groups excluding carboxylic acids is 2. The van der Waals surface area contributed by atoms with E-state index in [4.69, 9.17) is 4.74 Å². The molecular weight excluding hydrogens is 290 g/mol. The standard InChI is InChI=1S/C19H17NO3/c1-12-19(13(2)21)17-11-16(23-14(3)22)9-10-18(17)20(12)15-7-5-4-6-8-15/h4-11H,1-3H3. The SMILES string of the molecule is CC(=O)Oc1ccc2c(c1)c(C(C)=O)c(C)n2-c1ccccc1. The summed E-state index contributed by atoms with van der Waals surface area (Å²) in [6.45, 7) is 4.83. The Hall–Kier alpha value is -2.88. The molecule has 0 aliphatic rings. The summed E-state index contributed by atoms with van der Waals surface area (Å²) in [6.07, 6.45) is 0. The quantitative estimate of drug-likeness (QED) is 0.416. The van der Waals surface area contributed by atoms with E-state index in [2.05, 4.69) is 0 Å². The second-order valence-electron chi connectivity index (χ2n) is 5.46. The number of ketones is 1. The maximum absolute atomic E-state index is 12.1. The van der Waals surface area contributed by atoms with E-state index in [9.17, 15) is 9.59 Å². The molecule has 2 aromatic carbocycles. The third-order valence-electron chi connectivity index (χ3n) is 3.80. The highest BCUT2D eigenvalue weighted by molar-refractivity contribution is 6.09. The minimum Gasteiger partial charge on any atom is -0.427 e. The number of para-hydroxylation sites is 1. The van der Waals surface area contributed by atoms with E-state index in [1.165, 1.54) is 6.92 Å². The molecule has 0 amide bonds. The number of fused-ring (bicyclic) bond motifs is 1. The summed E-state index contributed by atoms with van der Waals surface area (Å²) in [5, 5.41) is 0.789. The number of nitrogens with zero attached hydrogens (tertiary/aromatic N) is 1. The van der Waals surface area contributed by atoms with E-state index in [0.717, 1.165) is 22.3 Å². The minimum absolute atomic E-state index is 0.0119. The van der Waals surface area contributed by atoms with Gasteiger partial charge in [-0.3, -0.25) is 9.59 Å². The van der Waals surface area contributed by atoms with E-state index in [1.54, 1.807) is 19.1 Å². The van der Waals surface area contributed by atoms with Gasteiger partial charge in [0.1, 0.15) is 5.75 Å². The first-order valence-electron chi connectivity index (χ1n) is 7.39. The lowest BCUT2D eigenvalue weighted by Crippen LogP contribution is -2.01. The van der Waals surface area contributed by atoms with Crippen LogP contribution in [-0.4, -0.2) is 16.3 Å². The highest BCUT2D eigenvalue weighted by atomic mass is 16.5. The number of benzene rings is 2. The molecule has 4 nitrogen and oxygen atoms in total. The number of Topliss-reactive ketones (excluding diaryl/α,β-unsaturated/α-hetero) is 1. The molecule has 0 saturated carbocycles. The largest absolute Gasteiger partial charge is 0.427 e. The van der Waals surface area contributed by atoms with Crippen molar-refractivity contribution in [2.45, 2.75) is 20.8 Å². The van der Waals surface area contributed by atoms with Gasteiger partial charge in [-0.2, -0.15) is 0 Å². The molecule has 0 bridgehead atoms. The number of rotatable bonds is 3. The molecule has 0 N–H and O–H groups in total. The van der Waals surface area contributed by atoms with Crippen LogP contribution in [0, 0.1) is 6.92 Å². The molecule has 1 heterocycles. The van der Waals surface area contributed by atoms with Crippen LogP contribution in [0.3, 0.4) is 0 Å². The number of esters is 1. The third-order valence-corrected chi connectivity index (χ3v) is 3.80. The van der Waals surface area contributed by atoms with Crippen molar-refractivity contribution in [3.8, 4) is 11.4 Å². The van der Waals surface area contributed by atoms with Gasteiger partial charge < -0.3 is 9.30 Å². The van der Waals surface area contributed by atoms with Crippen LogP contribution in [0.1, 0.15) is 29.9 Å². The summed E-state index contributed by atoms with van der Waals surface area (Å²) in [6, 6.07) is 15.2. The molecule has 1 aromatic heterocycles. The van der Waals surface area contributed by atoms with Gasteiger partial charge in [-0.25, -0.2) is 0 Å². The Labute approximate surface area is 134 Å². The molecule has 0 unspecified atom stereocenters. The second-order valence-corrected chi connectivity index (χ2v) is 5.46.